The summed E-state index contributed by atoms with van der Waals surface area (Å²) in [4.78, 5) is 14.5. The van der Waals surface area contributed by atoms with Crippen molar-refractivity contribution in [2.24, 2.45) is 5.41 Å². The maximum atomic E-state index is 13.3. The minimum atomic E-state index is -0.251. The van der Waals surface area contributed by atoms with E-state index in [0.29, 0.717) is 16.5 Å². The summed E-state index contributed by atoms with van der Waals surface area (Å²) in [5.41, 5.74) is 1.59. The Morgan fingerprint density at radius 2 is 1.86 bits per heavy atom. The molecular formula is C17H23FN2O. The number of halogens is 1. The fraction of sp³-hybridized carbons (Fsp3) is 0.588. The fourth-order valence-electron chi connectivity index (χ4n) is 3.60. The molecule has 21 heavy (non-hydrogen) atoms. The molecule has 1 amide bonds. The third-order valence-electron chi connectivity index (χ3n) is 5.18. The summed E-state index contributed by atoms with van der Waals surface area (Å²) in [6.07, 6.45) is 4.65. The highest BCUT2D eigenvalue weighted by Gasteiger charge is 2.36. The predicted molar refractivity (Wildman–Crippen MR) is 80.8 cm³/mol. The number of hydrogen-bond donors (Lipinski definition) is 1. The van der Waals surface area contributed by atoms with E-state index in [0.717, 1.165) is 39.0 Å². The molecule has 4 heteroatoms. The van der Waals surface area contributed by atoms with Crippen molar-refractivity contribution in [1.82, 2.24) is 10.2 Å². The Labute approximate surface area is 125 Å². The second-order valence-electron chi connectivity index (χ2n) is 6.51. The van der Waals surface area contributed by atoms with Crippen LogP contribution in [0, 0.1) is 18.2 Å². The molecule has 1 aromatic rings. The van der Waals surface area contributed by atoms with E-state index in [1.807, 2.05) is 4.90 Å². The Hall–Kier alpha value is -1.42. The van der Waals surface area contributed by atoms with Crippen molar-refractivity contribution in [2.75, 3.05) is 26.2 Å². The van der Waals surface area contributed by atoms with E-state index in [1.165, 1.54) is 18.9 Å². The highest BCUT2D eigenvalue weighted by atomic mass is 19.1. The van der Waals surface area contributed by atoms with Crippen LogP contribution in [0.1, 0.15) is 41.6 Å². The normalized spacial score (nSPS) is 21.5. The Bertz CT molecular complexity index is 528. The number of nitrogens with zero attached hydrogens (tertiary/aromatic N) is 1. The molecule has 1 N–H and O–H groups in total. The van der Waals surface area contributed by atoms with Gasteiger partial charge in [0.05, 0.1) is 0 Å². The third-order valence-corrected chi connectivity index (χ3v) is 5.18. The highest BCUT2D eigenvalue weighted by Crippen LogP contribution is 2.39. The molecule has 0 aliphatic carbocycles. The van der Waals surface area contributed by atoms with Crippen LogP contribution in [0.3, 0.4) is 0 Å². The van der Waals surface area contributed by atoms with Gasteiger partial charge in [0, 0.05) is 18.7 Å². The number of likely N-dealkylation sites (tertiary alicyclic amines) is 1. The van der Waals surface area contributed by atoms with E-state index < -0.39 is 0 Å². The van der Waals surface area contributed by atoms with E-state index >= 15 is 0 Å². The molecule has 1 aromatic carbocycles. The van der Waals surface area contributed by atoms with Gasteiger partial charge < -0.3 is 10.2 Å². The van der Waals surface area contributed by atoms with Crippen molar-refractivity contribution in [3.05, 3.63) is 35.1 Å². The SMILES string of the molecule is Cc1cc(C(=O)N2CCC3(CCNCC3)CC2)ccc1F. The predicted octanol–water partition coefficient (Wildman–Crippen LogP) is 2.74. The summed E-state index contributed by atoms with van der Waals surface area (Å²) in [5, 5.41) is 3.41. The Balaban J connectivity index is 1.65. The first-order valence-electron chi connectivity index (χ1n) is 7.86. The van der Waals surface area contributed by atoms with Crippen LogP contribution in [0.25, 0.3) is 0 Å². The number of benzene rings is 1. The summed E-state index contributed by atoms with van der Waals surface area (Å²) in [6, 6.07) is 4.65. The first-order valence-corrected chi connectivity index (χ1v) is 7.86. The maximum Gasteiger partial charge on any atom is 0.253 e. The lowest BCUT2D eigenvalue weighted by Gasteiger charge is -2.44. The highest BCUT2D eigenvalue weighted by molar-refractivity contribution is 5.94. The topological polar surface area (TPSA) is 32.3 Å². The van der Waals surface area contributed by atoms with E-state index in [1.54, 1.807) is 19.1 Å². The second kappa shape index (κ2) is 5.76. The third kappa shape index (κ3) is 2.95. The Morgan fingerprint density at radius 3 is 2.48 bits per heavy atom. The lowest BCUT2D eigenvalue weighted by Crippen LogP contribution is -2.47. The molecule has 3 nitrogen and oxygen atoms in total. The number of hydrogen-bond acceptors (Lipinski definition) is 2. The van der Waals surface area contributed by atoms with E-state index in [-0.39, 0.29) is 11.7 Å². The van der Waals surface area contributed by atoms with Crippen molar-refractivity contribution < 1.29 is 9.18 Å². The number of aryl methyl sites for hydroxylation is 1. The van der Waals surface area contributed by atoms with Gasteiger partial charge in [-0.3, -0.25) is 4.79 Å². The molecule has 3 rings (SSSR count). The molecule has 0 atom stereocenters. The van der Waals surface area contributed by atoms with Crippen molar-refractivity contribution in [3.8, 4) is 0 Å². The summed E-state index contributed by atoms with van der Waals surface area (Å²) < 4.78 is 13.3. The molecule has 2 aliphatic rings. The van der Waals surface area contributed by atoms with Crippen LogP contribution in [-0.4, -0.2) is 37.0 Å². The number of carbonyl (C=O) groups is 1. The monoisotopic (exact) mass is 290 g/mol. The second-order valence-corrected chi connectivity index (χ2v) is 6.51. The van der Waals surface area contributed by atoms with E-state index in [4.69, 9.17) is 0 Å². The summed E-state index contributed by atoms with van der Waals surface area (Å²) in [5.74, 6) is -0.208. The fourth-order valence-corrected chi connectivity index (χ4v) is 3.60. The number of nitrogens with one attached hydrogen (secondary N) is 1. The van der Waals surface area contributed by atoms with Gasteiger partial charge >= 0.3 is 0 Å². The molecular weight excluding hydrogens is 267 g/mol. The molecule has 0 saturated carbocycles. The molecule has 1 spiro atoms. The van der Waals surface area contributed by atoms with Crippen molar-refractivity contribution in [3.63, 3.8) is 0 Å². The molecule has 2 aliphatic heterocycles. The summed E-state index contributed by atoms with van der Waals surface area (Å²) >= 11 is 0. The largest absolute Gasteiger partial charge is 0.339 e. The molecule has 2 heterocycles. The summed E-state index contributed by atoms with van der Waals surface area (Å²) in [7, 11) is 0. The number of amides is 1. The minimum Gasteiger partial charge on any atom is -0.339 e. The average Bonchev–Trinajstić information content (AvgIpc) is 2.51. The maximum absolute atomic E-state index is 13.3. The van der Waals surface area contributed by atoms with Crippen LogP contribution in [-0.2, 0) is 0 Å². The Kier molecular flexibility index (Phi) is 3.98. The van der Waals surface area contributed by atoms with Crippen molar-refractivity contribution in [2.45, 2.75) is 32.6 Å². The standard InChI is InChI=1S/C17H23FN2O/c1-13-12-14(2-3-15(13)18)16(21)20-10-6-17(7-11-20)4-8-19-9-5-17/h2-3,12,19H,4-11H2,1H3. The zero-order chi connectivity index (χ0) is 14.9. The molecule has 0 bridgehead atoms. The molecule has 0 radical (unpaired) electrons. The van der Waals surface area contributed by atoms with Gasteiger partial charge in [-0.05, 0) is 74.9 Å². The van der Waals surface area contributed by atoms with E-state index in [2.05, 4.69) is 5.32 Å². The zero-order valence-corrected chi connectivity index (χ0v) is 12.6. The quantitative estimate of drug-likeness (QED) is 0.862. The van der Waals surface area contributed by atoms with Crippen molar-refractivity contribution in [1.29, 1.82) is 0 Å². The lowest BCUT2D eigenvalue weighted by molar-refractivity contribution is 0.0495. The van der Waals surface area contributed by atoms with Gasteiger partial charge in [-0.1, -0.05) is 0 Å². The van der Waals surface area contributed by atoms with Gasteiger partial charge in [-0.15, -0.1) is 0 Å². The van der Waals surface area contributed by atoms with Gasteiger partial charge in [-0.25, -0.2) is 4.39 Å². The molecule has 2 fully saturated rings. The van der Waals surface area contributed by atoms with Gasteiger partial charge in [-0.2, -0.15) is 0 Å². The van der Waals surface area contributed by atoms with Gasteiger partial charge in [0.2, 0.25) is 0 Å². The number of piperidine rings is 2. The van der Waals surface area contributed by atoms with Gasteiger partial charge in [0.1, 0.15) is 5.82 Å². The first-order chi connectivity index (χ1) is 10.1. The molecule has 0 unspecified atom stereocenters. The number of rotatable bonds is 1. The van der Waals surface area contributed by atoms with Crippen LogP contribution in [0.2, 0.25) is 0 Å². The summed E-state index contributed by atoms with van der Waals surface area (Å²) in [6.45, 7) is 5.56. The molecule has 2 saturated heterocycles. The smallest absolute Gasteiger partial charge is 0.253 e. The van der Waals surface area contributed by atoms with Crippen molar-refractivity contribution >= 4 is 5.91 Å². The van der Waals surface area contributed by atoms with Crippen LogP contribution in [0.15, 0.2) is 18.2 Å². The number of carbonyl (C=O) groups excluding carboxylic acids is 1. The van der Waals surface area contributed by atoms with Crippen LogP contribution < -0.4 is 5.32 Å². The molecule has 114 valence electrons. The van der Waals surface area contributed by atoms with Crippen LogP contribution in [0.4, 0.5) is 4.39 Å². The van der Waals surface area contributed by atoms with Gasteiger partial charge in [0.25, 0.3) is 5.91 Å². The average molecular weight is 290 g/mol. The molecule has 0 aromatic heterocycles. The Morgan fingerprint density at radius 1 is 1.19 bits per heavy atom. The van der Waals surface area contributed by atoms with Gasteiger partial charge in [0.15, 0.2) is 0 Å². The van der Waals surface area contributed by atoms with E-state index in [9.17, 15) is 9.18 Å². The minimum absolute atomic E-state index is 0.0434. The lowest BCUT2D eigenvalue weighted by atomic mass is 9.71. The first kappa shape index (κ1) is 14.5. The van der Waals surface area contributed by atoms with Crippen LogP contribution in [0.5, 0.6) is 0 Å². The van der Waals surface area contributed by atoms with Crippen LogP contribution >= 0.6 is 0 Å². The zero-order valence-electron chi connectivity index (χ0n) is 12.6.